The minimum Gasteiger partial charge on any atom is -0.383 e. The lowest BCUT2D eigenvalue weighted by atomic mass is 10.2. The van der Waals surface area contributed by atoms with Gasteiger partial charge in [0.1, 0.15) is 0 Å². The van der Waals surface area contributed by atoms with E-state index in [-0.39, 0.29) is 11.9 Å². The molecule has 0 saturated carbocycles. The van der Waals surface area contributed by atoms with E-state index in [4.69, 9.17) is 10.5 Å². The summed E-state index contributed by atoms with van der Waals surface area (Å²) in [6.07, 6.45) is 0.719. The van der Waals surface area contributed by atoms with E-state index in [0.29, 0.717) is 12.6 Å². The maximum atomic E-state index is 11.0. The molecule has 0 bridgehead atoms. The normalized spacial score (nSPS) is 15.3. The lowest BCUT2D eigenvalue weighted by Gasteiger charge is -2.25. The fourth-order valence-electron chi connectivity index (χ4n) is 1.35. The maximum absolute atomic E-state index is 11.0. The second-order valence-corrected chi connectivity index (χ2v) is 3.82. The van der Waals surface area contributed by atoms with Gasteiger partial charge in [0.05, 0.1) is 12.6 Å². The highest BCUT2D eigenvalue weighted by atomic mass is 16.5. The highest BCUT2D eigenvalue weighted by Gasteiger charge is 2.15. The van der Waals surface area contributed by atoms with Gasteiger partial charge in [0.25, 0.3) is 0 Å². The number of nitrogens with one attached hydrogen (secondary N) is 1. The molecule has 0 aliphatic carbocycles. The van der Waals surface area contributed by atoms with E-state index < -0.39 is 0 Å². The molecule has 3 N–H and O–H groups in total. The Kier molecular flexibility index (Phi) is 7.29. The minimum absolute atomic E-state index is 0.248. The number of ether oxygens (including phenoxy) is 1. The van der Waals surface area contributed by atoms with Crippen molar-refractivity contribution in [3.63, 3.8) is 0 Å². The van der Waals surface area contributed by atoms with Crippen molar-refractivity contribution in [1.29, 1.82) is 0 Å². The predicted octanol–water partition coefficient (Wildman–Crippen LogP) is -0.583. The number of hydrogen-bond acceptors (Lipinski definition) is 4. The Balaban J connectivity index is 3.86. The van der Waals surface area contributed by atoms with Gasteiger partial charge < -0.3 is 20.7 Å². The monoisotopic (exact) mass is 217 g/mol. The van der Waals surface area contributed by atoms with Crippen molar-refractivity contribution in [2.75, 3.05) is 34.4 Å². The molecule has 15 heavy (non-hydrogen) atoms. The second-order valence-electron chi connectivity index (χ2n) is 3.82. The molecule has 0 aliphatic heterocycles. The fourth-order valence-corrected chi connectivity index (χ4v) is 1.35. The first-order chi connectivity index (χ1) is 7.02. The molecule has 2 unspecified atom stereocenters. The number of amides is 1. The van der Waals surface area contributed by atoms with Crippen LogP contribution in [0.4, 0.5) is 0 Å². The van der Waals surface area contributed by atoms with Crippen LogP contribution in [-0.2, 0) is 9.53 Å². The van der Waals surface area contributed by atoms with Crippen molar-refractivity contribution in [3.8, 4) is 0 Å². The van der Waals surface area contributed by atoms with E-state index in [0.717, 1.165) is 13.0 Å². The van der Waals surface area contributed by atoms with E-state index in [1.54, 1.807) is 14.2 Å². The standard InChI is InChI=1S/C10H23N3O2/c1-8(7-15-4)13(3)6-5-9(12-2)10(11)14/h8-9,12H,5-7H2,1-4H3,(H2,11,14). The third-order valence-corrected chi connectivity index (χ3v) is 2.62. The molecule has 0 aromatic rings. The number of nitrogens with two attached hydrogens (primary N) is 1. The van der Waals surface area contributed by atoms with Crippen molar-refractivity contribution >= 4 is 5.91 Å². The molecule has 0 fully saturated rings. The van der Waals surface area contributed by atoms with Gasteiger partial charge in [0.15, 0.2) is 0 Å². The summed E-state index contributed by atoms with van der Waals surface area (Å²) in [5.41, 5.74) is 5.22. The average Bonchev–Trinajstić information content (AvgIpc) is 2.18. The van der Waals surface area contributed by atoms with Crippen molar-refractivity contribution in [2.24, 2.45) is 5.73 Å². The van der Waals surface area contributed by atoms with Crippen LogP contribution in [0.2, 0.25) is 0 Å². The smallest absolute Gasteiger partial charge is 0.234 e. The molecule has 1 amide bonds. The topological polar surface area (TPSA) is 67.6 Å². The lowest BCUT2D eigenvalue weighted by molar-refractivity contribution is -0.120. The van der Waals surface area contributed by atoms with Crippen LogP contribution in [-0.4, -0.2) is 57.2 Å². The molecule has 90 valence electrons. The molecule has 2 atom stereocenters. The zero-order chi connectivity index (χ0) is 11.8. The summed E-state index contributed by atoms with van der Waals surface area (Å²) in [5, 5.41) is 2.90. The molecule has 0 saturated heterocycles. The highest BCUT2D eigenvalue weighted by molar-refractivity contribution is 5.79. The number of hydrogen-bond donors (Lipinski definition) is 2. The minimum atomic E-state index is -0.301. The third kappa shape index (κ3) is 5.71. The van der Waals surface area contributed by atoms with Crippen LogP contribution >= 0.6 is 0 Å². The Labute approximate surface area is 91.9 Å². The molecule has 0 rings (SSSR count). The summed E-state index contributed by atoms with van der Waals surface area (Å²) in [6, 6.07) is 0.0996. The molecule has 0 aliphatic rings. The van der Waals surface area contributed by atoms with Gasteiger partial charge in [-0.1, -0.05) is 0 Å². The third-order valence-electron chi connectivity index (χ3n) is 2.62. The summed E-state index contributed by atoms with van der Waals surface area (Å²) < 4.78 is 5.06. The zero-order valence-electron chi connectivity index (χ0n) is 10.1. The molecule has 0 spiro atoms. The van der Waals surface area contributed by atoms with Gasteiger partial charge in [-0.3, -0.25) is 4.79 Å². The van der Waals surface area contributed by atoms with E-state index >= 15 is 0 Å². The number of nitrogens with zero attached hydrogens (tertiary/aromatic N) is 1. The zero-order valence-corrected chi connectivity index (χ0v) is 10.1. The van der Waals surface area contributed by atoms with Crippen LogP contribution in [0.1, 0.15) is 13.3 Å². The summed E-state index contributed by atoms with van der Waals surface area (Å²) in [7, 11) is 5.44. The van der Waals surface area contributed by atoms with Gasteiger partial charge >= 0.3 is 0 Å². The van der Waals surface area contributed by atoms with E-state index in [9.17, 15) is 4.79 Å². The second kappa shape index (κ2) is 7.62. The number of rotatable bonds is 8. The van der Waals surface area contributed by atoms with Gasteiger partial charge in [-0.25, -0.2) is 0 Å². The van der Waals surface area contributed by atoms with Gasteiger partial charge in [-0.15, -0.1) is 0 Å². The van der Waals surface area contributed by atoms with Crippen LogP contribution in [0, 0.1) is 0 Å². The largest absolute Gasteiger partial charge is 0.383 e. The van der Waals surface area contributed by atoms with Crippen LogP contribution in [0.15, 0.2) is 0 Å². The van der Waals surface area contributed by atoms with Crippen molar-refractivity contribution in [2.45, 2.75) is 25.4 Å². The maximum Gasteiger partial charge on any atom is 0.234 e. The lowest BCUT2D eigenvalue weighted by Crippen LogP contribution is -2.43. The average molecular weight is 217 g/mol. The summed E-state index contributed by atoms with van der Waals surface area (Å²) in [5.74, 6) is -0.301. The van der Waals surface area contributed by atoms with Gasteiger partial charge in [-0.05, 0) is 27.4 Å². The molecular formula is C10H23N3O2. The quantitative estimate of drug-likeness (QED) is 0.570. The van der Waals surface area contributed by atoms with E-state index in [2.05, 4.69) is 17.1 Å². The van der Waals surface area contributed by atoms with Crippen LogP contribution < -0.4 is 11.1 Å². The van der Waals surface area contributed by atoms with Gasteiger partial charge in [0, 0.05) is 19.7 Å². The fraction of sp³-hybridized carbons (Fsp3) is 0.900. The SMILES string of the molecule is CNC(CCN(C)C(C)COC)C(N)=O. The van der Waals surface area contributed by atoms with Gasteiger partial charge in [0.2, 0.25) is 5.91 Å². The summed E-state index contributed by atoms with van der Waals surface area (Å²) in [6.45, 7) is 3.60. The number of carbonyl (C=O) groups is 1. The first kappa shape index (κ1) is 14.3. The first-order valence-electron chi connectivity index (χ1n) is 5.18. The predicted molar refractivity (Wildman–Crippen MR) is 60.6 cm³/mol. The highest BCUT2D eigenvalue weighted by Crippen LogP contribution is 1.99. The Bertz CT molecular complexity index is 188. The Hall–Kier alpha value is -0.650. The molecule has 0 heterocycles. The van der Waals surface area contributed by atoms with E-state index in [1.165, 1.54) is 0 Å². The van der Waals surface area contributed by atoms with Gasteiger partial charge in [-0.2, -0.15) is 0 Å². The molecule has 5 heteroatoms. The summed E-state index contributed by atoms with van der Waals surface area (Å²) in [4.78, 5) is 13.1. The van der Waals surface area contributed by atoms with Crippen LogP contribution in [0.25, 0.3) is 0 Å². The number of likely N-dealkylation sites (N-methyl/N-ethyl adjacent to an activating group) is 2. The first-order valence-corrected chi connectivity index (χ1v) is 5.18. The number of carbonyl (C=O) groups excluding carboxylic acids is 1. The van der Waals surface area contributed by atoms with Crippen molar-refractivity contribution in [1.82, 2.24) is 10.2 Å². The Morgan fingerprint density at radius 1 is 1.60 bits per heavy atom. The number of methoxy groups -OCH3 is 1. The van der Waals surface area contributed by atoms with Crippen molar-refractivity contribution < 1.29 is 9.53 Å². The molecule has 5 nitrogen and oxygen atoms in total. The molecule has 0 aromatic carbocycles. The van der Waals surface area contributed by atoms with E-state index in [1.807, 2.05) is 7.05 Å². The van der Waals surface area contributed by atoms with Crippen molar-refractivity contribution in [3.05, 3.63) is 0 Å². The molecule has 0 aromatic heterocycles. The number of primary amides is 1. The van der Waals surface area contributed by atoms with Crippen LogP contribution in [0.5, 0.6) is 0 Å². The Morgan fingerprint density at radius 2 is 2.20 bits per heavy atom. The Morgan fingerprint density at radius 3 is 2.60 bits per heavy atom. The summed E-state index contributed by atoms with van der Waals surface area (Å²) >= 11 is 0. The molecular weight excluding hydrogens is 194 g/mol. The molecule has 0 radical (unpaired) electrons. The van der Waals surface area contributed by atoms with Crippen LogP contribution in [0.3, 0.4) is 0 Å².